The van der Waals surface area contributed by atoms with E-state index in [1.54, 1.807) is 0 Å². The van der Waals surface area contributed by atoms with Gasteiger partial charge >= 0.3 is 0 Å². The lowest BCUT2D eigenvalue weighted by molar-refractivity contribution is 0.297. The molecule has 6 heteroatoms. The van der Waals surface area contributed by atoms with E-state index in [2.05, 4.69) is 15.2 Å². The average molecular weight is 332 g/mol. The van der Waals surface area contributed by atoms with Crippen LogP contribution in [0.15, 0.2) is 23.2 Å². The summed E-state index contributed by atoms with van der Waals surface area (Å²) in [7, 11) is 0. The molecule has 0 amide bonds. The van der Waals surface area contributed by atoms with Crippen molar-refractivity contribution in [2.75, 3.05) is 44.7 Å². The molecule has 1 saturated heterocycles. The van der Waals surface area contributed by atoms with Crippen molar-refractivity contribution < 1.29 is 9.47 Å². The van der Waals surface area contributed by atoms with Gasteiger partial charge in [0.2, 0.25) is 0 Å². The molecule has 132 valence electrons. The standard InChI is InChI=1S/C18H28N4O2/c19-18(20-8-1-2-9-22-10-3-4-11-22)21-15-6-7-16-17(14-15)24-13-5-12-23-16/h6-7,14H,1-5,8-13H2,(H3,19,20,21). The summed E-state index contributed by atoms with van der Waals surface area (Å²) >= 11 is 0. The van der Waals surface area contributed by atoms with Gasteiger partial charge in [0.25, 0.3) is 0 Å². The molecule has 0 saturated carbocycles. The van der Waals surface area contributed by atoms with Crippen LogP contribution in [0.3, 0.4) is 0 Å². The van der Waals surface area contributed by atoms with Gasteiger partial charge in [0.15, 0.2) is 17.5 Å². The number of fused-ring (bicyclic) bond motifs is 1. The molecule has 0 spiro atoms. The Morgan fingerprint density at radius 3 is 2.71 bits per heavy atom. The van der Waals surface area contributed by atoms with Crippen LogP contribution in [0.25, 0.3) is 0 Å². The van der Waals surface area contributed by atoms with E-state index in [1.807, 2.05) is 18.2 Å². The number of nitrogens with zero attached hydrogens (tertiary/aromatic N) is 2. The van der Waals surface area contributed by atoms with Crippen LogP contribution in [-0.2, 0) is 0 Å². The molecule has 0 radical (unpaired) electrons. The summed E-state index contributed by atoms with van der Waals surface area (Å²) in [5.74, 6) is 2.00. The molecule has 0 aromatic heterocycles. The molecule has 24 heavy (non-hydrogen) atoms. The largest absolute Gasteiger partial charge is 0.490 e. The lowest BCUT2D eigenvalue weighted by atomic mass is 10.2. The lowest BCUT2D eigenvalue weighted by Crippen LogP contribution is -2.23. The third-order valence-corrected chi connectivity index (χ3v) is 4.38. The first-order valence-electron chi connectivity index (χ1n) is 9.00. The van der Waals surface area contributed by atoms with Crippen molar-refractivity contribution in [3.05, 3.63) is 18.2 Å². The number of nitrogens with two attached hydrogens (primary N) is 1. The first kappa shape index (κ1) is 16.9. The van der Waals surface area contributed by atoms with E-state index in [9.17, 15) is 0 Å². The van der Waals surface area contributed by atoms with Crippen LogP contribution < -0.4 is 20.5 Å². The van der Waals surface area contributed by atoms with E-state index in [-0.39, 0.29) is 0 Å². The zero-order valence-corrected chi connectivity index (χ0v) is 14.3. The van der Waals surface area contributed by atoms with Gasteiger partial charge in [0.1, 0.15) is 0 Å². The lowest BCUT2D eigenvalue weighted by Gasteiger charge is -2.13. The van der Waals surface area contributed by atoms with E-state index in [0.717, 1.165) is 36.6 Å². The average Bonchev–Trinajstić information content (AvgIpc) is 2.98. The molecule has 1 aromatic rings. The molecular weight excluding hydrogens is 304 g/mol. The highest BCUT2D eigenvalue weighted by Gasteiger charge is 2.11. The Morgan fingerprint density at radius 1 is 1.08 bits per heavy atom. The van der Waals surface area contributed by atoms with Gasteiger partial charge in [0.05, 0.1) is 13.2 Å². The smallest absolute Gasteiger partial charge is 0.193 e. The molecule has 3 N–H and O–H groups in total. The third kappa shape index (κ3) is 5.03. The fraction of sp³-hybridized carbons (Fsp3) is 0.611. The molecule has 1 fully saturated rings. The van der Waals surface area contributed by atoms with E-state index in [0.29, 0.717) is 19.2 Å². The minimum absolute atomic E-state index is 0.450. The summed E-state index contributed by atoms with van der Waals surface area (Å²) < 4.78 is 11.3. The SMILES string of the molecule is NC(=NCCCCN1CCCC1)Nc1ccc2c(c1)OCCCO2. The van der Waals surface area contributed by atoms with Gasteiger partial charge in [-0.1, -0.05) is 0 Å². The number of anilines is 1. The maximum atomic E-state index is 5.97. The highest BCUT2D eigenvalue weighted by molar-refractivity contribution is 5.92. The minimum Gasteiger partial charge on any atom is -0.490 e. The summed E-state index contributed by atoms with van der Waals surface area (Å²) in [5.41, 5.74) is 6.85. The van der Waals surface area contributed by atoms with Crippen molar-refractivity contribution >= 4 is 11.6 Å². The van der Waals surface area contributed by atoms with Gasteiger partial charge < -0.3 is 25.4 Å². The fourth-order valence-corrected chi connectivity index (χ4v) is 3.08. The Bertz CT molecular complexity index is 556. The highest BCUT2D eigenvalue weighted by Crippen LogP contribution is 2.32. The maximum absolute atomic E-state index is 5.97. The molecular formula is C18H28N4O2. The maximum Gasteiger partial charge on any atom is 0.193 e. The van der Waals surface area contributed by atoms with Gasteiger partial charge in [0, 0.05) is 24.7 Å². The van der Waals surface area contributed by atoms with E-state index < -0.39 is 0 Å². The Morgan fingerprint density at radius 2 is 1.88 bits per heavy atom. The highest BCUT2D eigenvalue weighted by atomic mass is 16.5. The number of hydrogen-bond donors (Lipinski definition) is 2. The van der Waals surface area contributed by atoms with E-state index >= 15 is 0 Å². The van der Waals surface area contributed by atoms with Crippen molar-refractivity contribution in [1.82, 2.24) is 4.90 Å². The number of hydrogen-bond acceptors (Lipinski definition) is 4. The molecule has 0 bridgehead atoms. The van der Waals surface area contributed by atoms with Crippen molar-refractivity contribution in [1.29, 1.82) is 0 Å². The summed E-state index contributed by atoms with van der Waals surface area (Å²) in [6.45, 7) is 5.84. The monoisotopic (exact) mass is 332 g/mol. The minimum atomic E-state index is 0.450. The Hall–Kier alpha value is -1.95. The Kier molecular flexibility index (Phi) is 6.18. The Labute approximate surface area is 144 Å². The molecule has 2 aliphatic heterocycles. The van der Waals surface area contributed by atoms with Crippen LogP contribution in [0.4, 0.5) is 5.69 Å². The third-order valence-electron chi connectivity index (χ3n) is 4.38. The van der Waals surface area contributed by atoms with Crippen molar-refractivity contribution in [3.63, 3.8) is 0 Å². The van der Waals surface area contributed by atoms with Crippen LogP contribution in [0, 0.1) is 0 Å². The van der Waals surface area contributed by atoms with Crippen LogP contribution >= 0.6 is 0 Å². The zero-order valence-electron chi connectivity index (χ0n) is 14.3. The van der Waals surface area contributed by atoms with Crippen LogP contribution in [0.5, 0.6) is 11.5 Å². The number of likely N-dealkylation sites (tertiary alicyclic amines) is 1. The van der Waals surface area contributed by atoms with Crippen LogP contribution in [0.1, 0.15) is 32.1 Å². The van der Waals surface area contributed by atoms with Crippen LogP contribution in [-0.4, -0.2) is 50.3 Å². The first-order chi connectivity index (χ1) is 11.8. The fourth-order valence-electron chi connectivity index (χ4n) is 3.08. The van der Waals surface area contributed by atoms with Gasteiger partial charge in [-0.3, -0.25) is 4.99 Å². The number of benzene rings is 1. The zero-order chi connectivity index (χ0) is 16.6. The quantitative estimate of drug-likeness (QED) is 0.476. The molecule has 2 aliphatic rings. The summed E-state index contributed by atoms with van der Waals surface area (Å²) in [6.07, 6.45) is 5.86. The second-order valence-corrected chi connectivity index (χ2v) is 6.36. The molecule has 0 atom stereocenters. The number of nitrogens with one attached hydrogen (secondary N) is 1. The first-order valence-corrected chi connectivity index (χ1v) is 9.00. The number of rotatable bonds is 6. The predicted molar refractivity (Wildman–Crippen MR) is 97.1 cm³/mol. The van der Waals surface area contributed by atoms with Crippen molar-refractivity contribution in [2.24, 2.45) is 10.7 Å². The second kappa shape index (κ2) is 8.78. The number of guanidine groups is 1. The summed E-state index contributed by atoms with van der Waals surface area (Å²) in [4.78, 5) is 6.94. The van der Waals surface area contributed by atoms with Crippen molar-refractivity contribution in [2.45, 2.75) is 32.1 Å². The van der Waals surface area contributed by atoms with E-state index in [4.69, 9.17) is 15.2 Å². The van der Waals surface area contributed by atoms with E-state index in [1.165, 1.54) is 38.9 Å². The Balaban J connectivity index is 1.42. The molecule has 2 heterocycles. The predicted octanol–water partition coefficient (Wildman–Crippen LogP) is 2.45. The van der Waals surface area contributed by atoms with Gasteiger partial charge in [-0.25, -0.2) is 0 Å². The second-order valence-electron chi connectivity index (χ2n) is 6.36. The molecule has 0 unspecified atom stereocenters. The van der Waals surface area contributed by atoms with Crippen molar-refractivity contribution in [3.8, 4) is 11.5 Å². The number of aliphatic imine (C=N–C) groups is 1. The molecule has 6 nitrogen and oxygen atoms in total. The topological polar surface area (TPSA) is 72.1 Å². The van der Waals surface area contributed by atoms with Gasteiger partial charge in [-0.15, -0.1) is 0 Å². The summed E-state index contributed by atoms with van der Waals surface area (Å²) in [6, 6.07) is 5.76. The van der Waals surface area contributed by atoms with Gasteiger partial charge in [-0.05, 0) is 57.5 Å². The number of unbranched alkanes of at least 4 members (excludes halogenated alkanes) is 1. The van der Waals surface area contributed by atoms with Gasteiger partial charge in [-0.2, -0.15) is 0 Å². The summed E-state index contributed by atoms with van der Waals surface area (Å²) in [5, 5.41) is 3.13. The molecule has 3 rings (SSSR count). The molecule has 1 aromatic carbocycles. The normalized spacial score (nSPS) is 18.4. The number of ether oxygens (including phenoxy) is 2. The molecule has 0 aliphatic carbocycles. The van der Waals surface area contributed by atoms with Crippen LogP contribution in [0.2, 0.25) is 0 Å².